The summed E-state index contributed by atoms with van der Waals surface area (Å²) in [5, 5.41) is 6.70. The number of nitrogens with one attached hydrogen (secondary N) is 2. The number of para-hydroxylation sites is 1. The van der Waals surface area contributed by atoms with Crippen molar-refractivity contribution in [3.63, 3.8) is 0 Å². The Balaban J connectivity index is 0.00000338. The third-order valence-corrected chi connectivity index (χ3v) is 3.96. The highest BCUT2D eigenvalue weighted by Crippen LogP contribution is 2.31. The number of methoxy groups -OCH3 is 1. The van der Waals surface area contributed by atoms with Crippen LogP contribution in [0.5, 0.6) is 5.75 Å². The van der Waals surface area contributed by atoms with Crippen LogP contribution in [0.25, 0.3) is 0 Å². The summed E-state index contributed by atoms with van der Waals surface area (Å²) in [5.74, 6) is 1.49. The maximum absolute atomic E-state index is 11.8. The van der Waals surface area contributed by atoms with E-state index in [4.69, 9.17) is 9.47 Å². The maximum atomic E-state index is 11.8. The van der Waals surface area contributed by atoms with Gasteiger partial charge in [0.1, 0.15) is 12.3 Å². The summed E-state index contributed by atoms with van der Waals surface area (Å²) in [4.78, 5) is 17.8. The second-order valence-electron chi connectivity index (χ2n) is 6.10. The number of carbonyl (C=O) groups excluding carboxylic acids is 1. The van der Waals surface area contributed by atoms with E-state index in [0.29, 0.717) is 19.2 Å². The van der Waals surface area contributed by atoms with Crippen molar-refractivity contribution in [1.82, 2.24) is 15.5 Å². The Kier molecular flexibility index (Phi) is 10.3. The van der Waals surface area contributed by atoms with Gasteiger partial charge in [0.2, 0.25) is 5.91 Å². The molecule has 1 aromatic rings. The van der Waals surface area contributed by atoms with Gasteiger partial charge < -0.3 is 25.0 Å². The van der Waals surface area contributed by atoms with Gasteiger partial charge in [-0.25, -0.2) is 4.99 Å². The average molecular weight is 476 g/mol. The number of benzene rings is 1. The van der Waals surface area contributed by atoms with Crippen LogP contribution in [0.15, 0.2) is 29.3 Å². The minimum Gasteiger partial charge on any atom is -0.493 e. The number of ether oxygens (including phenoxy) is 2. The predicted octanol–water partition coefficient (Wildman–Crippen LogP) is 1.79. The first-order valence-electron chi connectivity index (χ1n) is 8.57. The van der Waals surface area contributed by atoms with Crippen LogP contribution < -0.4 is 15.4 Å². The lowest BCUT2D eigenvalue weighted by molar-refractivity contribution is -0.127. The SMILES string of the molecule is COCCCNC(=NCC(=O)N(C)C)NC1CCOc2ccccc21.I. The molecule has 1 unspecified atom stereocenters. The molecule has 2 N–H and O–H groups in total. The summed E-state index contributed by atoms with van der Waals surface area (Å²) in [5.41, 5.74) is 1.11. The van der Waals surface area contributed by atoms with Gasteiger partial charge in [-0.3, -0.25) is 4.79 Å². The Morgan fingerprint density at radius 1 is 1.38 bits per heavy atom. The van der Waals surface area contributed by atoms with E-state index < -0.39 is 0 Å². The molecule has 1 amide bonds. The van der Waals surface area contributed by atoms with Crippen LogP contribution in [0.1, 0.15) is 24.4 Å². The highest BCUT2D eigenvalue weighted by atomic mass is 127. The van der Waals surface area contributed by atoms with E-state index >= 15 is 0 Å². The lowest BCUT2D eigenvalue weighted by Crippen LogP contribution is -2.42. The topological polar surface area (TPSA) is 75.2 Å². The molecule has 1 atom stereocenters. The molecule has 1 aliphatic heterocycles. The van der Waals surface area contributed by atoms with Gasteiger partial charge in [0.05, 0.1) is 12.6 Å². The minimum absolute atomic E-state index is 0. The van der Waals surface area contributed by atoms with Gasteiger partial charge in [-0.1, -0.05) is 18.2 Å². The van der Waals surface area contributed by atoms with Gasteiger partial charge in [0.25, 0.3) is 0 Å². The number of hydrogen-bond acceptors (Lipinski definition) is 4. The average Bonchev–Trinajstić information content (AvgIpc) is 2.62. The number of hydrogen-bond donors (Lipinski definition) is 2. The van der Waals surface area contributed by atoms with Crippen LogP contribution >= 0.6 is 24.0 Å². The summed E-state index contributed by atoms with van der Waals surface area (Å²) in [6, 6.07) is 8.10. The zero-order valence-corrected chi connectivity index (χ0v) is 18.0. The van der Waals surface area contributed by atoms with Crippen LogP contribution in [-0.4, -0.2) is 64.3 Å². The van der Waals surface area contributed by atoms with Crippen LogP contribution in [0, 0.1) is 0 Å². The number of halogens is 1. The highest BCUT2D eigenvalue weighted by Gasteiger charge is 2.22. The number of nitrogens with zero attached hydrogens (tertiary/aromatic N) is 2. The summed E-state index contributed by atoms with van der Waals surface area (Å²) in [7, 11) is 5.14. The van der Waals surface area contributed by atoms with E-state index in [9.17, 15) is 4.79 Å². The molecule has 0 saturated carbocycles. The van der Waals surface area contributed by atoms with E-state index in [0.717, 1.165) is 30.7 Å². The van der Waals surface area contributed by atoms with Gasteiger partial charge >= 0.3 is 0 Å². The molecule has 0 fully saturated rings. The zero-order valence-electron chi connectivity index (χ0n) is 15.7. The minimum atomic E-state index is -0.0367. The Bertz CT molecular complexity index is 596. The fourth-order valence-electron chi connectivity index (χ4n) is 2.52. The van der Waals surface area contributed by atoms with Gasteiger partial charge in [-0.05, 0) is 12.5 Å². The first-order valence-corrected chi connectivity index (χ1v) is 8.57. The smallest absolute Gasteiger partial charge is 0.243 e. The number of likely N-dealkylation sites (N-methyl/N-ethyl adjacent to an activating group) is 1. The highest BCUT2D eigenvalue weighted by molar-refractivity contribution is 14.0. The molecule has 0 bridgehead atoms. The predicted molar refractivity (Wildman–Crippen MR) is 113 cm³/mol. The number of amides is 1. The fourth-order valence-corrected chi connectivity index (χ4v) is 2.52. The Hall–Kier alpha value is -1.55. The Morgan fingerprint density at radius 3 is 2.88 bits per heavy atom. The third-order valence-electron chi connectivity index (χ3n) is 3.96. The lowest BCUT2D eigenvalue weighted by Gasteiger charge is -2.28. The molecule has 0 saturated heterocycles. The van der Waals surface area contributed by atoms with Crippen LogP contribution in [-0.2, 0) is 9.53 Å². The zero-order chi connectivity index (χ0) is 18.1. The van der Waals surface area contributed by atoms with Crippen LogP contribution in [0.4, 0.5) is 0 Å². The van der Waals surface area contributed by atoms with Crippen molar-refractivity contribution in [3.05, 3.63) is 29.8 Å². The molecule has 0 radical (unpaired) electrons. The van der Waals surface area contributed by atoms with E-state index in [2.05, 4.69) is 21.7 Å². The molecule has 1 heterocycles. The largest absolute Gasteiger partial charge is 0.493 e. The maximum Gasteiger partial charge on any atom is 0.243 e. The van der Waals surface area contributed by atoms with E-state index in [-0.39, 0.29) is 42.5 Å². The third kappa shape index (κ3) is 6.99. The summed E-state index contributed by atoms with van der Waals surface area (Å²) >= 11 is 0. The van der Waals surface area contributed by atoms with Crippen molar-refractivity contribution < 1.29 is 14.3 Å². The van der Waals surface area contributed by atoms with Crippen molar-refractivity contribution in [2.75, 3.05) is 47.5 Å². The molecule has 1 aliphatic rings. The van der Waals surface area contributed by atoms with Gasteiger partial charge in [-0.15, -0.1) is 24.0 Å². The first-order chi connectivity index (χ1) is 12.1. The van der Waals surface area contributed by atoms with Crippen molar-refractivity contribution in [1.29, 1.82) is 0 Å². The number of rotatable bonds is 7. The normalized spacial score (nSPS) is 16.0. The first kappa shape index (κ1) is 22.5. The van der Waals surface area contributed by atoms with Crippen molar-refractivity contribution in [2.45, 2.75) is 18.9 Å². The van der Waals surface area contributed by atoms with Gasteiger partial charge in [0.15, 0.2) is 5.96 Å². The number of guanidine groups is 1. The quantitative estimate of drug-likeness (QED) is 0.272. The molecule has 1 aromatic carbocycles. The van der Waals surface area contributed by atoms with E-state index in [1.54, 1.807) is 21.2 Å². The van der Waals surface area contributed by atoms with Crippen LogP contribution in [0.3, 0.4) is 0 Å². The molecule has 7 nitrogen and oxygen atoms in total. The molecular weight excluding hydrogens is 447 g/mol. The monoisotopic (exact) mass is 476 g/mol. The molecule has 0 spiro atoms. The molecule has 26 heavy (non-hydrogen) atoms. The van der Waals surface area contributed by atoms with Crippen LogP contribution in [0.2, 0.25) is 0 Å². The Labute approximate surface area is 172 Å². The van der Waals surface area contributed by atoms with Crippen molar-refractivity contribution in [2.24, 2.45) is 4.99 Å². The number of carbonyl (C=O) groups is 1. The molecule has 0 aromatic heterocycles. The molecule has 2 rings (SSSR count). The fraction of sp³-hybridized carbons (Fsp3) is 0.556. The second-order valence-corrected chi connectivity index (χ2v) is 6.10. The van der Waals surface area contributed by atoms with E-state index in [1.807, 2.05) is 18.2 Å². The molecule has 146 valence electrons. The van der Waals surface area contributed by atoms with Gasteiger partial charge in [-0.2, -0.15) is 0 Å². The summed E-state index contributed by atoms with van der Waals surface area (Å²) < 4.78 is 10.8. The standard InChI is InChI=1S/C18H28N4O3.HI/c1-22(2)17(23)13-20-18(19-10-6-11-24-3)21-15-9-12-25-16-8-5-4-7-14(15)16;/h4-5,7-8,15H,6,9-13H2,1-3H3,(H2,19,20,21);1H. The van der Waals surface area contributed by atoms with E-state index in [1.165, 1.54) is 4.90 Å². The van der Waals surface area contributed by atoms with Crippen molar-refractivity contribution in [3.8, 4) is 5.75 Å². The number of aliphatic imine (C=N–C) groups is 1. The van der Waals surface area contributed by atoms with Gasteiger partial charge in [0, 0.05) is 46.3 Å². The lowest BCUT2D eigenvalue weighted by atomic mass is 10.0. The molecule has 8 heteroatoms. The second kappa shape index (κ2) is 11.9. The van der Waals surface area contributed by atoms with Crippen molar-refractivity contribution >= 4 is 35.8 Å². The molecular formula is C18H29IN4O3. The summed E-state index contributed by atoms with van der Waals surface area (Å²) in [6.45, 7) is 2.16. The number of fused-ring (bicyclic) bond motifs is 1. The summed E-state index contributed by atoms with van der Waals surface area (Å²) in [6.07, 6.45) is 1.71. The molecule has 0 aliphatic carbocycles. The Morgan fingerprint density at radius 2 is 2.15 bits per heavy atom.